The van der Waals surface area contributed by atoms with Crippen molar-refractivity contribution in [2.24, 2.45) is 5.92 Å². The van der Waals surface area contributed by atoms with Gasteiger partial charge in [0.05, 0.1) is 12.3 Å². The van der Waals surface area contributed by atoms with Gasteiger partial charge < -0.3 is 4.90 Å². The van der Waals surface area contributed by atoms with E-state index in [1.54, 1.807) is 24.0 Å². The number of carbonyl (C=O) groups excluding carboxylic acids is 1. The molecule has 5 nitrogen and oxygen atoms in total. The van der Waals surface area contributed by atoms with Gasteiger partial charge >= 0.3 is 0 Å². The fraction of sp³-hybridized carbons (Fsp3) is 0.562. The summed E-state index contributed by atoms with van der Waals surface area (Å²) in [7, 11) is -3.39. The molecule has 7 heteroatoms. The number of halogens is 1. The number of hydrogen-bond donors (Lipinski definition) is 1. The fourth-order valence-electron chi connectivity index (χ4n) is 2.96. The number of carbonyl (C=O) groups is 1. The summed E-state index contributed by atoms with van der Waals surface area (Å²) in [4.78, 5) is 13.9. The highest BCUT2D eigenvalue weighted by atomic mass is 32.2. The first-order valence-electron chi connectivity index (χ1n) is 7.75. The molecule has 1 heterocycles. The highest BCUT2D eigenvalue weighted by Crippen LogP contribution is 2.22. The summed E-state index contributed by atoms with van der Waals surface area (Å²) in [5.74, 6) is 0.0415. The van der Waals surface area contributed by atoms with Crippen LogP contribution in [-0.4, -0.2) is 44.6 Å². The van der Waals surface area contributed by atoms with E-state index in [1.165, 1.54) is 12.1 Å². The van der Waals surface area contributed by atoms with Crippen molar-refractivity contribution in [3.05, 3.63) is 35.6 Å². The normalized spacial score (nSPS) is 18.0. The monoisotopic (exact) mass is 342 g/mol. The molecule has 0 radical (unpaired) electrons. The van der Waals surface area contributed by atoms with Crippen LogP contribution < -0.4 is 4.72 Å². The maximum absolute atomic E-state index is 12.9. The zero-order valence-electron chi connectivity index (χ0n) is 13.5. The molecule has 0 spiro atoms. The molecule has 128 valence electrons. The van der Waals surface area contributed by atoms with Crippen LogP contribution in [0.3, 0.4) is 0 Å². The fourth-order valence-corrected chi connectivity index (χ4v) is 3.70. The molecule has 0 aromatic heterocycles. The van der Waals surface area contributed by atoms with E-state index < -0.39 is 16.1 Å². The van der Waals surface area contributed by atoms with Crippen LogP contribution in [0.25, 0.3) is 0 Å². The molecule has 1 atom stereocenters. The first kappa shape index (κ1) is 17.9. The Bertz CT molecular complexity index is 638. The van der Waals surface area contributed by atoms with Gasteiger partial charge in [-0.3, -0.25) is 4.79 Å². The van der Waals surface area contributed by atoms with Crippen molar-refractivity contribution in [3.63, 3.8) is 0 Å². The third-order valence-corrected chi connectivity index (χ3v) is 4.91. The minimum Gasteiger partial charge on any atom is -0.341 e. The van der Waals surface area contributed by atoms with Gasteiger partial charge in [0, 0.05) is 13.1 Å². The van der Waals surface area contributed by atoms with Crippen LogP contribution in [-0.2, 0) is 21.2 Å². The van der Waals surface area contributed by atoms with Gasteiger partial charge in [-0.05, 0) is 49.8 Å². The van der Waals surface area contributed by atoms with Crippen molar-refractivity contribution in [3.8, 4) is 0 Å². The van der Waals surface area contributed by atoms with Crippen molar-refractivity contribution < 1.29 is 17.6 Å². The van der Waals surface area contributed by atoms with Crippen LogP contribution in [0.1, 0.15) is 25.3 Å². The van der Waals surface area contributed by atoms with E-state index in [0.29, 0.717) is 19.0 Å². The number of sulfonamides is 1. The molecule has 0 saturated carbocycles. The van der Waals surface area contributed by atoms with Gasteiger partial charge in [0.25, 0.3) is 0 Å². The van der Waals surface area contributed by atoms with E-state index in [0.717, 1.165) is 31.1 Å². The summed E-state index contributed by atoms with van der Waals surface area (Å²) >= 11 is 0. The summed E-state index contributed by atoms with van der Waals surface area (Å²) in [5, 5.41) is 0. The minimum atomic E-state index is -3.39. The number of rotatable bonds is 5. The molecule has 1 aliphatic rings. The lowest BCUT2D eigenvalue weighted by Gasteiger charge is -2.33. The van der Waals surface area contributed by atoms with Gasteiger partial charge in [-0.25, -0.2) is 17.5 Å². The van der Waals surface area contributed by atoms with Crippen LogP contribution >= 0.6 is 0 Å². The molecule has 0 bridgehead atoms. The Morgan fingerprint density at radius 3 is 2.39 bits per heavy atom. The van der Waals surface area contributed by atoms with Gasteiger partial charge in [0.1, 0.15) is 5.82 Å². The van der Waals surface area contributed by atoms with Crippen LogP contribution in [0, 0.1) is 11.7 Å². The number of likely N-dealkylation sites (tertiary alicyclic amines) is 1. The van der Waals surface area contributed by atoms with Crippen LogP contribution in [0.15, 0.2) is 24.3 Å². The lowest BCUT2D eigenvalue weighted by molar-refractivity contribution is -0.133. The Morgan fingerprint density at radius 2 is 1.87 bits per heavy atom. The van der Waals surface area contributed by atoms with E-state index in [2.05, 4.69) is 4.72 Å². The molecule has 1 N–H and O–H groups in total. The van der Waals surface area contributed by atoms with Crippen molar-refractivity contribution in [1.29, 1.82) is 0 Å². The summed E-state index contributed by atoms with van der Waals surface area (Å²) in [5.41, 5.74) is 1.10. The summed E-state index contributed by atoms with van der Waals surface area (Å²) in [6.45, 7) is 2.81. The molecular weight excluding hydrogens is 319 g/mol. The standard InChI is InChI=1S/C16H23FN2O3S/c1-12(18-23(2,21)22)16(20)19-9-7-14(8-10-19)11-13-3-5-15(17)6-4-13/h3-6,12,14,18H,7-11H2,1-2H3/t12-/m0/s1. The maximum atomic E-state index is 12.9. The van der Waals surface area contributed by atoms with Gasteiger partial charge in [-0.1, -0.05) is 12.1 Å². The SMILES string of the molecule is C[C@H](NS(C)(=O)=O)C(=O)N1CCC(Cc2ccc(F)cc2)CC1. The number of hydrogen-bond acceptors (Lipinski definition) is 3. The van der Waals surface area contributed by atoms with Crippen molar-refractivity contribution in [2.45, 2.75) is 32.2 Å². The Balaban J connectivity index is 1.83. The molecule has 1 aliphatic heterocycles. The highest BCUT2D eigenvalue weighted by Gasteiger charge is 2.27. The number of amides is 1. The molecule has 0 unspecified atom stereocenters. The van der Waals surface area contributed by atoms with Crippen molar-refractivity contribution >= 4 is 15.9 Å². The molecular formula is C16H23FN2O3S. The van der Waals surface area contributed by atoms with E-state index in [9.17, 15) is 17.6 Å². The lowest BCUT2D eigenvalue weighted by Crippen LogP contribution is -2.49. The van der Waals surface area contributed by atoms with Crippen LogP contribution in [0.2, 0.25) is 0 Å². The predicted molar refractivity (Wildman–Crippen MR) is 86.8 cm³/mol. The summed E-state index contributed by atoms with van der Waals surface area (Å²) < 4.78 is 37.6. The largest absolute Gasteiger partial charge is 0.341 e. The predicted octanol–water partition coefficient (Wildman–Crippen LogP) is 1.54. The second-order valence-corrected chi connectivity index (χ2v) is 7.99. The van der Waals surface area contributed by atoms with Crippen LogP contribution in [0.4, 0.5) is 4.39 Å². The van der Waals surface area contributed by atoms with E-state index in [4.69, 9.17) is 0 Å². The molecule has 1 aromatic rings. The van der Waals surface area contributed by atoms with E-state index in [1.807, 2.05) is 0 Å². The zero-order valence-corrected chi connectivity index (χ0v) is 14.3. The van der Waals surface area contributed by atoms with E-state index >= 15 is 0 Å². The molecule has 0 aliphatic carbocycles. The Morgan fingerprint density at radius 1 is 1.30 bits per heavy atom. The number of nitrogens with one attached hydrogen (secondary N) is 1. The van der Waals surface area contributed by atoms with Gasteiger partial charge in [-0.2, -0.15) is 0 Å². The molecule has 23 heavy (non-hydrogen) atoms. The van der Waals surface area contributed by atoms with Gasteiger partial charge in [0.2, 0.25) is 15.9 Å². The summed E-state index contributed by atoms with van der Waals surface area (Å²) in [6, 6.07) is 5.79. The second kappa shape index (κ2) is 7.40. The third-order valence-electron chi connectivity index (χ3n) is 4.13. The van der Waals surface area contributed by atoms with Crippen molar-refractivity contribution in [2.75, 3.05) is 19.3 Å². The Labute approximate surface area is 136 Å². The first-order valence-corrected chi connectivity index (χ1v) is 9.64. The lowest BCUT2D eigenvalue weighted by atomic mass is 9.90. The molecule has 2 rings (SSSR count). The average Bonchev–Trinajstić information content (AvgIpc) is 2.48. The highest BCUT2D eigenvalue weighted by molar-refractivity contribution is 7.88. The summed E-state index contributed by atoms with van der Waals surface area (Å²) in [6.07, 6.45) is 3.66. The smallest absolute Gasteiger partial charge is 0.240 e. The first-order chi connectivity index (χ1) is 10.7. The minimum absolute atomic E-state index is 0.185. The Kier molecular flexibility index (Phi) is 5.75. The molecule has 1 fully saturated rings. The number of nitrogens with zero attached hydrogens (tertiary/aromatic N) is 1. The maximum Gasteiger partial charge on any atom is 0.240 e. The number of benzene rings is 1. The van der Waals surface area contributed by atoms with Gasteiger partial charge in [-0.15, -0.1) is 0 Å². The third kappa shape index (κ3) is 5.58. The Hall–Kier alpha value is -1.47. The number of piperidine rings is 1. The van der Waals surface area contributed by atoms with Gasteiger partial charge in [0.15, 0.2) is 0 Å². The average molecular weight is 342 g/mol. The van der Waals surface area contributed by atoms with Crippen LogP contribution in [0.5, 0.6) is 0 Å². The topological polar surface area (TPSA) is 66.5 Å². The molecule has 1 saturated heterocycles. The molecule has 1 aromatic carbocycles. The zero-order chi connectivity index (χ0) is 17.0. The van der Waals surface area contributed by atoms with Crippen molar-refractivity contribution in [1.82, 2.24) is 9.62 Å². The second-order valence-electron chi connectivity index (χ2n) is 6.21. The van der Waals surface area contributed by atoms with E-state index in [-0.39, 0.29) is 11.7 Å². The quantitative estimate of drug-likeness (QED) is 0.883. The molecule has 1 amide bonds.